The summed E-state index contributed by atoms with van der Waals surface area (Å²) in [6.07, 6.45) is 9.74. The lowest BCUT2D eigenvalue weighted by Crippen LogP contribution is -2.34. The quantitative estimate of drug-likeness (QED) is 0.906. The molecular weight excluding hydrogens is 236 g/mol. The van der Waals surface area contributed by atoms with Crippen LogP contribution in [-0.4, -0.2) is 22.7 Å². The van der Waals surface area contributed by atoms with E-state index in [1.54, 1.807) is 6.92 Å². The third kappa shape index (κ3) is 2.62. The van der Waals surface area contributed by atoms with Crippen molar-refractivity contribution in [3.63, 3.8) is 0 Å². The molecule has 1 saturated carbocycles. The molecular formula is C16H24N2O. The maximum Gasteiger partial charge on any atom is 0.0931 e. The Labute approximate surface area is 115 Å². The highest BCUT2D eigenvalue weighted by molar-refractivity contribution is 5.47. The first-order valence-electron chi connectivity index (χ1n) is 7.66. The van der Waals surface area contributed by atoms with Crippen molar-refractivity contribution in [2.75, 3.05) is 11.4 Å². The number of aliphatic hydroxyl groups is 1. The fraction of sp³-hybridized carbons (Fsp3) is 0.688. The first-order chi connectivity index (χ1) is 9.25. The molecule has 0 amide bonds. The number of anilines is 1. The lowest BCUT2D eigenvalue weighted by Gasteiger charge is -2.31. The van der Waals surface area contributed by atoms with Crippen molar-refractivity contribution in [1.29, 1.82) is 0 Å². The molecule has 1 saturated heterocycles. The summed E-state index contributed by atoms with van der Waals surface area (Å²) in [5.74, 6) is 0.888. The van der Waals surface area contributed by atoms with Crippen molar-refractivity contribution in [1.82, 2.24) is 4.98 Å². The maximum atomic E-state index is 9.53. The molecule has 1 N–H and O–H groups in total. The van der Waals surface area contributed by atoms with E-state index in [-0.39, 0.29) is 0 Å². The molecule has 19 heavy (non-hydrogen) atoms. The first kappa shape index (κ1) is 12.9. The Morgan fingerprint density at radius 1 is 1.21 bits per heavy atom. The molecule has 0 aromatic carbocycles. The fourth-order valence-corrected chi connectivity index (χ4v) is 3.76. The van der Waals surface area contributed by atoms with Crippen LogP contribution in [0.1, 0.15) is 57.2 Å². The van der Waals surface area contributed by atoms with Crippen LogP contribution in [0.15, 0.2) is 18.3 Å². The topological polar surface area (TPSA) is 36.4 Å². The summed E-state index contributed by atoms with van der Waals surface area (Å²) in [7, 11) is 0. The van der Waals surface area contributed by atoms with Crippen LogP contribution in [0.4, 0.5) is 5.69 Å². The Hall–Kier alpha value is -1.09. The SMILES string of the molecule is C[C@@H](O)c1ccc(N2CCCC2C2CCCC2)cn1. The lowest BCUT2D eigenvalue weighted by atomic mass is 9.96. The molecule has 0 bridgehead atoms. The minimum absolute atomic E-state index is 0.474. The summed E-state index contributed by atoms with van der Waals surface area (Å²) in [6.45, 7) is 2.93. The zero-order valence-corrected chi connectivity index (χ0v) is 11.8. The molecule has 0 spiro atoms. The van der Waals surface area contributed by atoms with E-state index >= 15 is 0 Å². The van der Waals surface area contributed by atoms with Gasteiger partial charge in [0.05, 0.1) is 23.7 Å². The molecule has 1 aliphatic heterocycles. The van der Waals surface area contributed by atoms with Crippen molar-refractivity contribution in [3.8, 4) is 0 Å². The molecule has 1 unspecified atom stereocenters. The van der Waals surface area contributed by atoms with Gasteiger partial charge in [0.1, 0.15) is 0 Å². The molecule has 2 heterocycles. The first-order valence-corrected chi connectivity index (χ1v) is 7.66. The van der Waals surface area contributed by atoms with Crippen LogP contribution in [0, 0.1) is 5.92 Å². The summed E-state index contributed by atoms with van der Waals surface area (Å²) in [6, 6.07) is 4.81. The number of aliphatic hydroxyl groups excluding tert-OH is 1. The minimum Gasteiger partial charge on any atom is -0.387 e. The highest BCUT2D eigenvalue weighted by Crippen LogP contribution is 2.37. The van der Waals surface area contributed by atoms with Gasteiger partial charge >= 0.3 is 0 Å². The van der Waals surface area contributed by atoms with E-state index < -0.39 is 6.10 Å². The van der Waals surface area contributed by atoms with E-state index in [1.165, 1.54) is 44.2 Å². The van der Waals surface area contributed by atoms with Crippen molar-refractivity contribution in [3.05, 3.63) is 24.0 Å². The standard InChI is InChI=1S/C16H24N2O/c1-12(19)15-9-8-14(11-17-15)18-10-4-7-16(18)13-5-2-3-6-13/h8-9,11-13,16,19H,2-7,10H2,1H3/t12-,16?/m1/s1. The van der Waals surface area contributed by atoms with Gasteiger partial charge in [0.15, 0.2) is 0 Å². The normalized spacial score (nSPS) is 26.0. The third-order valence-electron chi connectivity index (χ3n) is 4.77. The zero-order valence-electron chi connectivity index (χ0n) is 11.8. The average Bonchev–Trinajstić information content (AvgIpc) is 3.09. The van der Waals surface area contributed by atoms with Gasteiger partial charge in [-0.2, -0.15) is 0 Å². The summed E-state index contributed by atoms with van der Waals surface area (Å²) in [5, 5.41) is 9.53. The number of pyridine rings is 1. The van der Waals surface area contributed by atoms with Crippen LogP contribution in [0.3, 0.4) is 0 Å². The van der Waals surface area contributed by atoms with Crippen LogP contribution >= 0.6 is 0 Å². The molecule has 0 radical (unpaired) electrons. The van der Waals surface area contributed by atoms with Gasteiger partial charge in [0.25, 0.3) is 0 Å². The molecule has 3 nitrogen and oxygen atoms in total. The lowest BCUT2D eigenvalue weighted by molar-refractivity contribution is 0.194. The minimum atomic E-state index is -0.474. The van der Waals surface area contributed by atoms with Gasteiger partial charge in [-0.15, -0.1) is 0 Å². The Bertz CT molecular complexity index is 409. The molecule has 1 aromatic rings. The van der Waals surface area contributed by atoms with Crippen LogP contribution in [0.2, 0.25) is 0 Å². The van der Waals surface area contributed by atoms with Gasteiger partial charge < -0.3 is 10.0 Å². The Morgan fingerprint density at radius 2 is 2.00 bits per heavy atom. The van der Waals surface area contributed by atoms with Crippen molar-refractivity contribution >= 4 is 5.69 Å². The third-order valence-corrected chi connectivity index (χ3v) is 4.77. The van der Waals surface area contributed by atoms with Crippen molar-refractivity contribution in [2.45, 2.75) is 57.6 Å². The smallest absolute Gasteiger partial charge is 0.0931 e. The molecule has 3 rings (SSSR count). The Kier molecular flexibility index (Phi) is 3.74. The van der Waals surface area contributed by atoms with Gasteiger partial charge in [-0.05, 0) is 50.7 Å². The van der Waals surface area contributed by atoms with Crippen LogP contribution < -0.4 is 4.90 Å². The van der Waals surface area contributed by atoms with E-state index in [1.807, 2.05) is 12.3 Å². The number of hydrogen-bond donors (Lipinski definition) is 1. The van der Waals surface area contributed by atoms with Gasteiger partial charge in [0, 0.05) is 12.6 Å². The summed E-state index contributed by atoms with van der Waals surface area (Å²) < 4.78 is 0. The maximum absolute atomic E-state index is 9.53. The largest absolute Gasteiger partial charge is 0.387 e. The molecule has 1 aliphatic carbocycles. The van der Waals surface area contributed by atoms with E-state index in [0.717, 1.165) is 24.2 Å². The highest BCUT2D eigenvalue weighted by Gasteiger charge is 2.33. The van der Waals surface area contributed by atoms with Crippen molar-refractivity contribution in [2.24, 2.45) is 5.92 Å². The number of nitrogens with zero attached hydrogens (tertiary/aromatic N) is 2. The number of rotatable bonds is 3. The molecule has 2 aliphatic rings. The predicted molar refractivity (Wildman–Crippen MR) is 77.2 cm³/mol. The van der Waals surface area contributed by atoms with E-state index in [0.29, 0.717) is 0 Å². The van der Waals surface area contributed by atoms with Crippen LogP contribution in [0.25, 0.3) is 0 Å². The number of aromatic nitrogens is 1. The molecule has 3 heteroatoms. The van der Waals surface area contributed by atoms with Gasteiger partial charge in [-0.25, -0.2) is 0 Å². The van der Waals surface area contributed by atoms with Crippen molar-refractivity contribution < 1.29 is 5.11 Å². The highest BCUT2D eigenvalue weighted by atomic mass is 16.3. The fourth-order valence-electron chi connectivity index (χ4n) is 3.76. The molecule has 2 atom stereocenters. The summed E-state index contributed by atoms with van der Waals surface area (Å²) >= 11 is 0. The second-order valence-corrected chi connectivity index (χ2v) is 6.06. The predicted octanol–water partition coefficient (Wildman–Crippen LogP) is 3.29. The van der Waals surface area contributed by atoms with Gasteiger partial charge in [-0.1, -0.05) is 12.8 Å². The van der Waals surface area contributed by atoms with E-state index in [9.17, 15) is 5.11 Å². The van der Waals surface area contributed by atoms with Gasteiger partial charge in [-0.3, -0.25) is 4.98 Å². The van der Waals surface area contributed by atoms with Crippen LogP contribution in [0.5, 0.6) is 0 Å². The van der Waals surface area contributed by atoms with E-state index in [2.05, 4.69) is 16.0 Å². The molecule has 104 valence electrons. The molecule has 2 fully saturated rings. The Balaban J connectivity index is 1.76. The average molecular weight is 260 g/mol. The zero-order chi connectivity index (χ0) is 13.2. The van der Waals surface area contributed by atoms with Gasteiger partial charge in [0.2, 0.25) is 0 Å². The monoisotopic (exact) mass is 260 g/mol. The second-order valence-electron chi connectivity index (χ2n) is 6.06. The van der Waals surface area contributed by atoms with E-state index in [4.69, 9.17) is 0 Å². The Morgan fingerprint density at radius 3 is 2.63 bits per heavy atom. The number of hydrogen-bond acceptors (Lipinski definition) is 3. The second kappa shape index (κ2) is 5.49. The van der Waals surface area contributed by atoms with Crippen LogP contribution in [-0.2, 0) is 0 Å². The summed E-state index contributed by atoms with van der Waals surface area (Å²) in [4.78, 5) is 6.94. The molecule has 1 aromatic heterocycles. The summed E-state index contributed by atoms with van der Waals surface area (Å²) in [5.41, 5.74) is 2.00.